The Labute approximate surface area is 126 Å². The highest BCUT2D eigenvalue weighted by molar-refractivity contribution is 7.50. The smallest absolute Gasteiger partial charge is 0.187 e. The van der Waals surface area contributed by atoms with E-state index in [9.17, 15) is 5.11 Å². The molecule has 0 fully saturated rings. The minimum absolute atomic E-state index is 0.0715. The van der Waals surface area contributed by atoms with Crippen LogP contribution in [-0.4, -0.2) is 5.11 Å². The molecule has 1 heterocycles. The third-order valence-electron chi connectivity index (χ3n) is 3.88. The van der Waals surface area contributed by atoms with Gasteiger partial charge in [-0.2, -0.15) is 0 Å². The second-order valence-corrected chi connectivity index (χ2v) is 7.18. The van der Waals surface area contributed by atoms with Gasteiger partial charge >= 0.3 is 0 Å². The predicted octanol–water partition coefficient (Wildman–Crippen LogP) is 5.75. The van der Waals surface area contributed by atoms with Gasteiger partial charge < -0.3 is 5.11 Å². The van der Waals surface area contributed by atoms with Gasteiger partial charge in [0.2, 0.25) is 0 Å². The monoisotopic (exact) mass is 291 g/mol. The first kappa shape index (κ1) is 12.4. The second kappa shape index (κ2) is 4.61. The van der Waals surface area contributed by atoms with Crippen molar-refractivity contribution in [3.8, 4) is 10.6 Å². The van der Waals surface area contributed by atoms with Crippen LogP contribution in [0, 0.1) is 6.92 Å². The predicted molar refractivity (Wildman–Crippen MR) is 91.7 cm³/mol. The van der Waals surface area contributed by atoms with Crippen LogP contribution in [-0.2, 0) is 0 Å². The number of aromatic hydroxyl groups is 1. The van der Waals surface area contributed by atoms with E-state index in [-0.39, 0.29) is 10.5 Å². The maximum absolute atomic E-state index is 9.67. The van der Waals surface area contributed by atoms with E-state index < -0.39 is 0 Å². The molecule has 0 aliphatic rings. The van der Waals surface area contributed by atoms with Crippen molar-refractivity contribution in [1.82, 2.24) is 0 Å². The largest absolute Gasteiger partial charge is 0.508 e. The molecule has 0 saturated carbocycles. The topological polar surface area (TPSA) is 20.2 Å². The van der Waals surface area contributed by atoms with Gasteiger partial charge in [0.1, 0.15) is 5.75 Å². The quantitative estimate of drug-likeness (QED) is 0.443. The van der Waals surface area contributed by atoms with Crippen LogP contribution in [0.1, 0.15) is 5.56 Å². The number of phenolic OH excluding ortho intramolecular Hbond substituents is 1. The van der Waals surface area contributed by atoms with E-state index in [1.807, 2.05) is 6.07 Å². The lowest BCUT2D eigenvalue weighted by atomic mass is 10.2. The van der Waals surface area contributed by atoms with Gasteiger partial charge in [-0.15, -0.1) is 0 Å². The van der Waals surface area contributed by atoms with Crippen molar-refractivity contribution in [2.75, 3.05) is 0 Å². The molecule has 0 amide bonds. The lowest BCUT2D eigenvalue weighted by Crippen LogP contribution is -1.78. The van der Waals surface area contributed by atoms with Gasteiger partial charge in [0.15, 0.2) is 14.3 Å². The van der Waals surface area contributed by atoms with Crippen molar-refractivity contribution < 1.29 is 5.11 Å². The van der Waals surface area contributed by atoms with Crippen LogP contribution in [0.2, 0.25) is 0 Å². The van der Waals surface area contributed by atoms with E-state index >= 15 is 0 Å². The molecule has 0 atom stereocenters. The molecule has 102 valence electrons. The summed E-state index contributed by atoms with van der Waals surface area (Å²) in [5.74, 6) is 0.334. The maximum atomic E-state index is 9.67. The molecule has 4 rings (SSSR count). The zero-order chi connectivity index (χ0) is 14.4. The van der Waals surface area contributed by atoms with E-state index in [0.29, 0.717) is 5.75 Å². The third-order valence-corrected chi connectivity index (χ3v) is 6.37. The Balaban J connectivity index is 2.20. The Morgan fingerprint density at radius 3 is 1.90 bits per heavy atom. The molecular weight excluding hydrogens is 276 g/mol. The lowest BCUT2D eigenvalue weighted by Gasteiger charge is -1.99. The summed E-state index contributed by atoms with van der Waals surface area (Å²) in [4.78, 5) is 1.30. The molecule has 0 aliphatic carbocycles. The highest BCUT2D eigenvalue weighted by atomic mass is 32.2. The summed E-state index contributed by atoms with van der Waals surface area (Å²) in [6.45, 7) is 2.08. The minimum Gasteiger partial charge on any atom is -0.508 e. The number of hydrogen-bond acceptors (Lipinski definition) is 1. The number of rotatable bonds is 1. The average Bonchev–Trinajstić information content (AvgIpc) is 2.82. The Hall–Kier alpha value is -2.32. The summed E-state index contributed by atoms with van der Waals surface area (Å²) in [5.41, 5.74) is 1.14. The van der Waals surface area contributed by atoms with Crippen LogP contribution >= 0.6 is 10.5 Å². The Morgan fingerprint density at radius 2 is 1.33 bits per heavy atom. The zero-order valence-corrected chi connectivity index (χ0v) is 12.5. The first-order chi connectivity index (χ1) is 10.3. The molecule has 1 nitrogen and oxygen atoms in total. The number of aryl methyl sites for hydroxylation is 1. The van der Waals surface area contributed by atoms with Gasteiger partial charge in [-0.3, -0.25) is 0 Å². The Morgan fingerprint density at radius 1 is 0.762 bits per heavy atom. The lowest BCUT2D eigenvalue weighted by molar-refractivity contribution is 0.475. The van der Waals surface area contributed by atoms with Gasteiger partial charge in [0.05, 0.1) is 0 Å². The molecule has 4 aromatic rings. The fourth-order valence-corrected chi connectivity index (χ4v) is 5.47. The molecular formula is C19H15OS+. The third kappa shape index (κ3) is 1.83. The summed E-state index contributed by atoms with van der Waals surface area (Å²) in [7, 11) is -0.0715. The van der Waals surface area contributed by atoms with Crippen LogP contribution in [0.15, 0.2) is 66.7 Å². The number of thiophene rings is 1. The first-order valence-electron chi connectivity index (χ1n) is 6.98. The van der Waals surface area contributed by atoms with Crippen molar-refractivity contribution >= 4 is 30.6 Å². The molecule has 0 unspecified atom stereocenters. The van der Waals surface area contributed by atoms with Crippen LogP contribution in [0.5, 0.6) is 5.75 Å². The van der Waals surface area contributed by atoms with Crippen molar-refractivity contribution in [3.63, 3.8) is 0 Å². The molecule has 0 aliphatic heterocycles. The summed E-state index contributed by atoms with van der Waals surface area (Å²) < 4.78 is 2.76. The number of hydrogen-bond donors (Lipinski definition) is 1. The van der Waals surface area contributed by atoms with Crippen molar-refractivity contribution in [1.29, 1.82) is 0 Å². The number of fused-ring (bicyclic) bond motifs is 3. The van der Waals surface area contributed by atoms with E-state index in [0.717, 1.165) is 5.56 Å². The minimum atomic E-state index is -0.0715. The van der Waals surface area contributed by atoms with Crippen molar-refractivity contribution in [2.45, 2.75) is 6.92 Å². The molecule has 1 aromatic heterocycles. The SMILES string of the molecule is Cc1cc(O)ccc1-[s+]1c2ccccc2c2ccccc21. The van der Waals surface area contributed by atoms with E-state index in [1.54, 1.807) is 6.07 Å². The van der Waals surface area contributed by atoms with Crippen LogP contribution < -0.4 is 0 Å². The first-order valence-corrected chi connectivity index (χ1v) is 8.20. The molecule has 0 saturated heterocycles. The van der Waals surface area contributed by atoms with Crippen LogP contribution in [0.4, 0.5) is 0 Å². The molecule has 0 spiro atoms. The fraction of sp³-hybridized carbons (Fsp3) is 0.0526. The van der Waals surface area contributed by atoms with Gasteiger partial charge in [0, 0.05) is 32.9 Å². The van der Waals surface area contributed by atoms with E-state index in [4.69, 9.17) is 0 Å². The number of benzene rings is 3. The van der Waals surface area contributed by atoms with Gasteiger partial charge in [-0.1, -0.05) is 24.3 Å². The van der Waals surface area contributed by atoms with Crippen molar-refractivity contribution in [2.24, 2.45) is 0 Å². The Bertz CT molecular complexity index is 913. The normalized spacial score (nSPS) is 11.3. The summed E-state index contributed by atoms with van der Waals surface area (Å²) in [6, 6.07) is 23.0. The highest BCUT2D eigenvalue weighted by Gasteiger charge is 2.24. The summed E-state index contributed by atoms with van der Waals surface area (Å²) in [5, 5.41) is 12.3. The molecule has 0 radical (unpaired) electrons. The average molecular weight is 291 g/mol. The molecule has 1 N–H and O–H groups in total. The Kier molecular flexibility index (Phi) is 2.72. The van der Waals surface area contributed by atoms with Gasteiger partial charge in [-0.25, -0.2) is 0 Å². The molecule has 2 heteroatoms. The van der Waals surface area contributed by atoms with Gasteiger partial charge in [-0.05, 0) is 43.3 Å². The van der Waals surface area contributed by atoms with E-state index in [2.05, 4.69) is 61.5 Å². The van der Waals surface area contributed by atoms with E-state index in [1.165, 1.54) is 25.1 Å². The maximum Gasteiger partial charge on any atom is 0.187 e. The molecule has 3 aromatic carbocycles. The summed E-state index contributed by atoms with van der Waals surface area (Å²) >= 11 is 0. The summed E-state index contributed by atoms with van der Waals surface area (Å²) in [6.07, 6.45) is 0. The van der Waals surface area contributed by atoms with Gasteiger partial charge in [0.25, 0.3) is 0 Å². The van der Waals surface area contributed by atoms with Crippen LogP contribution in [0.25, 0.3) is 25.1 Å². The number of phenols is 1. The fourth-order valence-electron chi connectivity index (χ4n) is 2.95. The highest BCUT2D eigenvalue weighted by Crippen LogP contribution is 2.49. The standard InChI is InChI=1S/C19H14OS/c1-13-12-14(20)10-11-17(13)21-18-8-4-2-6-15(18)16-7-3-5-9-19(16)21/h2-12H,1H3/p+1. The van der Waals surface area contributed by atoms with Crippen molar-refractivity contribution in [3.05, 3.63) is 72.3 Å². The zero-order valence-electron chi connectivity index (χ0n) is 11.7. The second-order valence-electron chi connectivity index (χ2n) is 5.25. The van der Waals surface area contributed by atoms with Crippen LogP contribution in [0.3, 0.4) is 0 Å². The molecule has 0 bridgehead atoms. The molecule has 21 heavy (non-hydrogen) atoms.